The smallest absolute Gasteiger partial charge is 0.209 e. The maximum atomic E-state index is 14.8. The summed E-state index contributed by atoms with van der Waals surface area (Å²) in [6.07, 6.45) is 24.9. The highest BCUT2D eigenvalue weighted by Gasteiger charge is 2.48. The Labute approximate surface area is 309 Å². The van der Waals surface area contributed by atoms with E-state index in [1.54, 1.807) is 0 Å². The zero-order chi connectivity index (χ0) is 35.8. The maximum Gasteiger partial charge on any atom is 0.209 e. The summed E-state index contributed by atoms with van der Waals surface area (Å²) >= 11 is 0. The summed E-state index contributed by atoms with van der Waals surface area (Å²) in [6.45, 7) is 13.4. The van der Waals surface area contributed by atoms with Crippen molar-refractivity contribution in [2.75, 3.05) is 6.54 Å². The molecule has 0 saturated carbocycles. The van der Waals surface area contributed by atoms with Crippen LogP contribution in [0.4, 0.5) is 5.69 Å². The van der Waals surface area contributed by atoms with E-state index >= 15 is 0 Å². The Morgan fingerprint density at radius 2 is 1.50 bits per heavy atom. The van der Waals surface area contributed by atoms with E-state index in [9.17, 15) is 5.11 Å². The van der Waals surface area contributed by atoms with Gasteiger partial charge in [-0.05, 0) is 72.3 Å². The van der Waals surface area contributed by atoms with Gasteiger partial charge in [0.05, 0.1) is 5.41 Å². The van der Waals surface area contributed by atoms with Crippen molar-refractivity contribution in [3.8, 4) is 0 Å². The van der Waals surface area contributed by atoms with Gasteiger partial charge in [-0.1, -0.05) is 142 Å². The molecule has 1 atom stereocenters. The second-order valence-electron chi connectivity index (χ2n) is 15.7. The molecule has 0 fully saturated rings. The minimum Gasteiger partial charge on any atom is -0.872 e. The summed E-state index contributed by atoms with van der Waals surface area (Å²) in [6, 6.07) is 28.2. The van der Waals surface area contributed by atoms with Crippen LogP contribution in [0.1, 0.15) is 68.8 Å². The van der Waals surface area contributed by atoms with Crippen LogP contribution in [0, 0.1) is 17.8 Å². The highest BCUT2D eigenvalue weighted by Crippen LogP contribution is 2.50. The van der Waals surface area contributed by atoms with Crippen LogP contribution in [-0.2, 0) is 18.4 Å². The molecule has 1 aliphatic heterocycles. The van der Waals surface area contributed by atoms with Crippen molar-refractivity contribution < 1.29 is 9.68 Å². The first-order valence-corrected chi connectivity index (χ1v) is 19.3. The average Bonchev–Trinajstić information content (AvgIpc) is 3.97. The maximum absolute atomic E-state index is 14.8. The monoisotopic (exact) mass is 682 g/mol. The largest absolute Gasteiger partial charge is 0.872 e. The molecule has 4 aliphatic rings. The third-order valence-corrected chi connectivity index (χ3v) is 11.8. The van der Waals surface area contributed by atoms with Gasteiger partial charge >= 0.3 is 0 Å². The van der Waals surface area contributed by atoms with Gasteiger partial charge in [0.25, 0.3) is 0 Å². The second-order valence-corrected chi connectivity index (χ2v) is 15.7. The van der Waals surface area contributed by atoms with Crippen LogP contribution < -0.4 is 5.11 Å². The van der Waals surface area contributed by atoms with Crippen LogP contribution >= 0.6 is 0 Å². The van der Waals surface area contributed by atoms with Gasteiger partial charge < -0.3 is 9.67 Å². The zero-order valence-electron chi connectivity index (χ0n) is 30.9. The number of allylic oxidation sites excluding steroid dienone is 11. The fraction of sp³-hybridized carbons (Fsp3) is 0.286. The van der Waals surface area contributed by atoms with Crippen LogP contribution in [0.2, 0.25) is 0 Å². The summed E-state index contributed by atoms with van der Waals surface area (Å²) in [4.78, 5) is 0. The van der Waals surface area contributed by atoms with E-state index in [-0.39, 0.29) is 11.2 Å². The third kappa shape index (κ3) is 6.11. The van der Waals surface area contributed by atoms with Gasteiger partial charge in [0, 0.05) is 59.3 Å². The van der Waals surface area contributed by atoms with Gasteiger partial charge in [-0.3, -0.25) is 0 Å². The first-order valence-electron chi connectivity index (χ1n) is 19.3. The Morgan fingerprint density at radius 3 is 2.21 bits per heavy atom. The molecular weight excluding hydrogens is 633 g/mol. The Balaban J connectivity index is 1.25. The highest BCUT2D eigenvalue weighted by atomic mass is 16.3. The van der Waals surface area contributed by atoms with E-state index in [4.69, 9.17) is 0 Å². The molecule has 3 heteroatoms. The molecule has 0 spiro atoms. The van der Waals surface area contributed by atoms with Gasteiger partial charge in [0.15, 0.2) is 5.71 Å². The number of hydrogen-bond acceptors (Lipinski definition) is 1. The summed E-state index contributed by atoms with van der Waals surface area (Å²) in [5.41, 5.74) is 10.7. The minimum absolute atomic E-state index is 0.111. The van der Waals surface area contributed by atoms with E-state index in [2.05, 4.69) is 170 Å². The van der Waals surface area contributed by atoms with Gasteiger partial charge in [0.1, 0.15) is 6.54 Å². The molecule has 52 heavy (non-hydrogen) atoms. The number of hydrogen-bond donors (Lipinski definition) is 0. The number of fused-ring (bicyclic) bond motifs is 2. The Morgan fingerprint density at radius 1 is 0.846 bits per heavy atom. The number of benzene rings is 3. The third-order valence-electron chi connectivity index (χ3n) is 11.8. The van der Waals surface area contributed by atoms with Crippen molar-refractivity contribution in [1.82, 2.24) is 4.57 Å². The lowest BCUT2D eigenvalue weighted by Gasteiger charge is -2.36. The van der Waals surface area contributed by atoms with Crippen LogP contribution in [0.25, 0.3) is 16.5 Å². The van der Waals surface area contributed by atoms with Crippen molar-refractivity contribution in [3.05, 3.63) is 179 Å². The lowest BCUT2D eigenvalue weighted by Crippen LogP contribution is -2.34. The van der Waals surface area contributed by atoms with E-state index in [1.807, 2.05) is 0 Å². The summed E-state index contributed by atoms with van der Waals surface area (Å²) in [5, 5.41) is 15.9. The van der Waals surface area contributed by atoms with Gasteiger partial charge in [-0.15, -0.1) is 0 Å². The minimum atomic E-state index is -0.223. The second kappa shape index (κ2) is 14.1. The first-order chi connectivity index (χ1) is 25.3. The van der Waals surface area contributed by atoms with Crippen LogP contribution in [0.5, 0.6) is 0 Å². The number of rotatable bonds is 13. The van der Waals surface area contributed by atoms with E-state index < -0.39 is 0 Å². The SMILES string of the molecule is C=C1C(c2c(Cc3ccccc3)n(CCC3C=CC=C3)c3ccccc23)=C([O-])/C1=C\C1=[N+](CCC(C)C)c2ccccc2C1(C)CCC1C=CC=C1. The molecule has 262 valence electrons. The average molecular weight is 683 g/mol. The van der Waals surface area contributed by atoms with Crippen molar-refractivity contribution >= 4 is 27.9 Å². The molecule has 2 heterocycles. The molecule has 4 aromatic rings. The summed E-state index contributed by atoms with van der Waals surface area (Å²) in [5.74, 6) is 1.56. The summed E-state index contributed by atoms with van der Waals surface area (Å²) in [7, 11) is 0. The van der Waals surface area contributed by atoms with Gasteiger partial charge in [-0.25, -0.2) is 0 Å². The normalized spacial score (nSPS) is 20.5. The number of aromatic nitrogens is 1. The predicted octanol–water partition coefficient (Wildman–Crippen LogP) is 10.6. The molecule has 3 aromatic carbocycles. The molecule has 8 rings (SSSR count). The predicted molar refractivity (Wildman–Crippen MR) is 216 cm³/mol. The number of aryl methyl sites for hydroxylation is 1. The molecular formula is C49H50N2O. The van der Waals surface area contributed by atoms with Gasteiger partial charge in [0.2, 0.25) is 5.69 Å². The Kier molecular flexibility index (Phi) is 9.22. The molecule has 0 amide bonds. The number of para-hydroxylation sites is 2. The van der Waals surface area contributed by atoms with Crippen LogP contribution in [0.3, 0.4) is 0 Å². The standard InChI is InChI=1S/C49H50N2O/c1-34(2)27-30-51-43-25-15-13-23-41(43)49(4,29-26-36-16-8-9-17-36)45(51)33-40-35(3)46(48(40)52)47-39-22-12-14-24-42(39)50(31-28-37-18-10-11-19-37)44(47)32-38-20-6-5-7-21-38/h5-25,33-34,36-37H,3,26-32H2,1-2,4H3. The molecule has 0 N–H and O–H groups in total. The lowest BCUT2D eigenvalue weighted by molar-refractivity contribution is -0.439. The Hall–Kier alpha value is -5.15. The van der Waals surface area contributed by atoms with E-state index in [0.29, 0.717) is 17.8 Å². The zero-order valence-corrected chi connectivity index (χ0v) is 30.9. The molecule has 1 aromatic heterocycles. The van der Waals surface area contributed by atoms with E-state index in [1.165, 1.54) is 33.7 Å². The van der Waals surface area contributed by atoms with Crippen molar-refractivity contribution in [3.63, 3.8) is 0 Å². The van der Waals surface area contributed by atoms with Crippen molar-refractivity contribution in [2.45, 2.75) is 64.8 Å². The van der Waals surface area contributed by atoms with Crippen molar-refractivity contribution in [1.29, 1.82) is 0 Å². The van der Waals surface area contributed by atoms with Crippen LogP contribution in [0.15, 0.2) is 157 Å². The van der Waals surface area contributed by atoms with Gasteiger partial charge in [-0.2, -0.15) is 4.58 Å². The van der Waals surface area contributed by atoms with Crippen molar-refractivity contribution in [2.24, 2.45) is 17.8 Å². The topological polar surface area (TPSA) is 31.0 Å². The molecule has 0 radical (unpaired) electrons. The summed E-state index contributed by atoms with van der Waals surface area (Å²) < 4.78 is 4.99. The fourth-order valence-electron chi connectivity index (χ4n) is 8.84. The van der Waals surface area contributed by atoms with Crippen LogP contribution in [-0.4, -0.2) is 21.4 Å². The first kappa shape index (κ1) is 34.0. The molecule has 3 nitrogen and oxygen atoms in total. The van der Waals surface area contributed by atoms with E-state index in [0.717, 1.165) is 72.9 Å². The highest BCUT2D eigenvalue weighted by molar-refractivity contribution is 6.11. The molecule has 1 unspecified atom stereocenters. The molecule has 0 saturated heterocycles. The molecule has 3 aliphatic carbocycles. The quantitative estimate of drug-likeness (QED) is 0.129. The lowest BCUT2D eigenvalue weighted by atomic mass is 9.72. The Bertz CT molecular complexity index is 2220. The molecule has 0 bridgehead atoms. The fourth-order valence-corrected chi connectivity index (χ4v) is 8.84. The number of nitrogens with zero attached hydrogens (tertiary/aromatic N) is 2.